The third-order valence-corrected chi connectivity index (χ3v) is 3.74. The van der Waals surface area contributed by atoms with E-state index in [1.165, 1.54) is 6.07 Å². The number of pyridine rings is 1. The summed E-state index contributed by atoms with van der Waals surface area (Å²) in [5.41, 5.74) is 3.13. The van der Waals surface area contributed by atoms with Crippen LogP contribution in [0, 0.1) is 17.5 Å². The Labute approximate surface area is 121 Å². The number of rotatable bonds is 2. The topological polar surface area (TPSA) is 33.6 Å². The van der Waals surface area contributed by atoms with Crippen molar-refractivity contribution in [2.75, 3.05) is 0 Å². The summed E-state index contributed by atoms with van der Waals surface area (Å²) in [5.74, 6) is -0.232. The fourth-order valence-electron chi connectivity index (χ4n) is 2.41. The number of nitrogens with zero attached hydrogens (tertiary/aromatic N) is 2. The van der Waals surface area contributed by atoms with Crippen LogP contribution in [-0.4, -0.2) is 14.5 Å². The molecule has 0 spiro atoms. The Hall–Kier alpha value is -2.01. The molecule has 20 heavy (non-hydrogen) atoms. The highest BCUT2D eigenvalue weighted by atomic mass is 32.1. The second-order valence-corrected chi connectivity index (χ2v) is 5.21. The maximum absolute atomic E-state index is 14.0. The second-order valence-electron chi connectivity index (χ2n) is 4.82. The summed E-state index contributed by atoms with van der Waals surface area (Å²) in [7, 11) is 0. The van der Waals surface area contributed by atoms with Gasteiger partial charge in [0.05, 0.1) is 11.6 Å². The summed E-state index contributed by atoms with van der Waals surface area (Å²) in [6.45, 7) is 3.85. The molecule has 1 unspecified atom stereocenters. The van der Waals surface area contributed by atoms with Gasteiger partial charge in [-0.3, -0.25) is 4.57 Å². The normalized spacial score (nSPS) is 12.8. The number of hydrogen-bond acceptors (Lipinski definition) is 2. The Morgan fingerprint density at radius 2 is 2.00 bits per heavy atom. The van der Waals surface area contributed by atoms with Gasteiger partial charge in [0.15, 0.2) is 10.4 Å². The Bertz CT molecular complexity index is 834. The van der Waals surface area contributed by atoms with Crippen LogP contribution in [0.15, 0.2) is 36.4 Å². The molecule has 3 aromatic rings. The Kier molecular flexibility index (Phi) is 3.14. The van der Waals surface area contributed by atoms with Crippen molar-refractivity contribution in [3.63, 3.8) is 0 Å². The first-order chi connectivity index (χ1) is 9.58. The first-order valence-corrected chi connectivity index (χ1v) is 6.81. The molecular weight excluding hydrogens is 273 g/mol. The van der Waals surface area contributed by atoms with Crippen molar-refractivity contribution in [1.29, 1.82) is 0 Å². The van der Waals surface area contributed by atoms with E-state index in [9.17, 15) is 4.39 Å². The molecule has 0 aliphatic carbocycles. The quantitative estimate of drug-likeness (QED) is 0.718. The molecule has 1 N–H and O–H groups in total. The van der Waals surface area contributed by atoms with E-state index in [1.807, 2.05) is 36.6 Å². The number of nitrogens with one attached hydrogen (secondary N) is 1. The van der Waals surface area contributed by atoms with Crippen molar-refractivity contribution in [3.05, 3.63) is 58.2 Å². The van der Waals surface area contributed by atoms with Gasteiger partial charge in [-0.1, -0.05) is 18.2 Å². The van der Waals surface area contributed by atoms with Gasteiger partial charge in [-0.15, -0.1) is 0 Å². The second kappa shape index (κ2) is 4.83. The van der Waals surface area contributed by atoms with E-state index >= 15 is 0 Å². The lowest BCUT2D eigenvalue weighted by Crippen LogP contribution is -2.09. The van der Waals surface area contributed by atoms with Gasteiger partial charge in [0.25, 0.3) is 0 Å². The first kappa shape index (κ1) is 13.0. The van der Waals surface area contributed by atoms with Crippen LogP contribution in [-0.2, 0) is 0 Å². The monoisotopic (exact) mass is 287 g/mol. The predicted octanol–water partition coefficient (Wildman–Crippen LogP) is 4.15. The Morgan fingerprint density at radius 3 is 2.75 bits per heavy atom. The summed E-state index contributed by atoms with van der Waals surface area (Å²) in [6.07, 6.45) is 0. The van der Waals surface area contributed by atoms with Gasteiger partial charge in [-0.25, -0.2) is 9.37 Å². The molecule has 1 atom stereocenters. The average Bonchev–Trinajstić information content (AvgIpc) is 2.74. The van der Waals surface area contributed by atoms with Crippen molar-refractivity contribution >= 4 is 23.4 Å². The fraction of sp³-hybridized carbons (Fsp3) is 0.200. The Morgan fingerprint density at radius 1 is 1.25 bits per heavy atom. The van der Waals surface area contributed by atoms with Crippen molar-refractivity contribution in [3.8, 4) is 0 Å². The molecule has 102 valence electrons. The number of aryl methyl sites for hydroxylation is 1. The van der Waals surface area contributed by atoms with Crippen LogP contribution in [0.2, 0.25) is 0 Å². The molecule has 0 aliphatic heterocycles. The van der Waals surface area contributed by atoms with E-state index in [-0.39, 0.29) is 11.9 Å². The van der Waals surface area contributed by atoms with E-state index in [2.05, 4.69) is 9.97 Å². The van der Waals surface area contributed by atoms with E-state index in [0.717, 1.165) is 16.9 Å². The van der Waals surface area contributed by atoms with E-state index in [0.29, 0.717) is 10.3 Å². The summed E-state index contributed by atoms with van der Waals surface area (Å²) < 4.78 is 16.4. The van der Waals surface area contributed by atoms with Gasteiger partial charge in [0, 0.05) is 11.3 Å². The number of H-pyrrole nitrogens is 1. The highest BCUT2D eigenvalue weighted by molar-refractivity contribution is 7.71. The summed E-state index contributed by atoms with van der Waals surface area (Å²) in [6, 6.07) is 10.4. The van der Waals surface area contributed by atoms with Crippen LogP contribution in [0.25, 0.3) is 11.2 Å². The molecule has 0 amide bonds. The van der Waals surface area contributed by atoms with Crippen LogP contribution in [0.4, 0.5) is 4.39 Å². The smallest absolute Gasteiger partial charge is 0.179 e. The maximum Gasteiger partial charge on any atom is 0.179 e. The summed E-state index contributed by atoms with van der Waals surface area (Å²) in [5, 5.41) is 0. The first-order valence-electron chi connectivity index (χ1n) is 6.40. The van der Waals surface area contributed by atoms with Crippen molar-refractivity contribution in [1.82, 2.24) is 14.5 Å². The molecule has 0 radical (unpaired) electrons. The zero-order chi connectivity index (χ0) is 14.3. The van der Waals surface area contributed by atoms with Crippen LogP contribution >= 0.6 is 12.2 Å². The lowest BCUT2D eigenvalue weighted by atomic mass is 10.1. The fourth-order valence-corrected chi connectivity index (χ4v) is 2.76. The van der Waals surface area contributed by atoms with Crippen molar-refractivity contribution in [2.24, 2.45) is 0 Å². The molecule has 0 aliphatic rings. The van der Waals surface area contributed by atoms with Gasteiger partial charge in [-0.05, 0) is 44.3 Å². The maximum atomic E-state index is 14.0. The van der Waals surface area contributed by atoms with E-state index in [4.69, 9.17) is 12.2 Å². The number of aromatic nitrogens is 3. The highest BCUT2D eigenvalue weighted by Gasteiger charge is 2.16. The molecule has 2 heterocycles. The van der Waals surface area contributed by atoms with E-state index < -0.39 is 0 Å². The molecule has 3 rings (SSSR count). The SMILES string of the molecule is Cc1ccc2[nH]c(=S)n(C(C)c3ccccc3F)c2n1. The molecular formula is C15H14FN3S. The number of imidazole rings is 1. The van der Waals surface area contributed by atoms with E-state index in [1.54, 1.807) is 12.1 Å². The van der Waals surface area contributed by atoms with Gasteiger partial charge >= 0.3 is 0 Å². The number of benzene rings is 1. The predicted molar refractivity (Wildman–Crippen MR) is 79.9 cm³/mol. The minimum atomic E-state index is -0.232. The van der Waals surface area contributed by atoms with Gasteiger partial charge in [0.1, 0.15) is 5.82 Å². The van der Waals surface area contributed by atoms with Gasteiger partial charge < -0.3 is 4.98 Å². The molecule has 0 saturated carbocycles. The van der Waals surface area contributed by atoms with Crippen LogP contribution in [0.3, 0.4) is 0 Å². The largest absolute Gasteiger partial charge is 0.329 e. The van der Waals surface area contributed by atoms with Crippen LogP contribution < -0.4 is 0 Å². The van der Waals surface area contributed by atoms with Gasteiger partial charge in [-0.2, -0.15) is 0 Å². The van der Waals surface area contributed by atoms with Gasteiger partial charge in [0.2, 0.25) is 0 Å². The minimum absolute atomic E-state index is 0.216. The lowest BCUT2D eigenvalue weighted by molar-refractivity contribution is 0.559. The van der Waals surface area contributed by atoms with Crippen molar-refractivity contribution in [2.45, 2.75) is 19.9 Å². The standard InChI is InChI=1S/C15H14FN3S/c1-9-7-8-13-14(17-9)19(15(20)18-13)10(2)11-5-3-4-6-12(11)16/h3-8,10H,1-2H3,(H,18,20). The number of aromatic amines is 1. The van der Waals surface area contributed by atoms with Crippen LogP contribution in [0.5, 0.6) is 0 Å². The molecule has 1 aromatic carbocycles. The number of hydrogen-bond donors (Lipinski definition) is 1. The zero-order valence-corrected chi connectivity index (χ0v) is 12.0. The van der Waals surface area contributed by atoms with Crippen LogP contribution in [0.1, 0.15) is 24.2 Å². The summed E-state index contributed by atoms with van der Waals surface area (Å²) in [4.78, 5) is 7.63. The molecule has 0 saturated heterocycles. The third kappa shape index (κ3) is 2.04. The lowest BCUT2D eigenvalue weighted by Gasteiger charge is -2.15. The third-order valence-electron chi connectivity index (χ3n) is 3.45. The molecule has 2 aromatic heterocycles. The average molecular weight is 287 g/mol. The molecule has 0 fully saturated rings. The Balaban J connectivity index is 2.24. The molecule has 0 bridgehead atoms. The highest BCUT2D eigenvalue weighted by Crippen LogP contribution is 2.25. The number of halogens is 1. The summed E-state index contributed by atoms with van der Waals surface area (Å²) >= 11 is 5.36. The molecule has 5 heteroatoms. The number of fused-ring (bicyclic) bond motifs is 1. The minimum Gasteiger partial charge on any atom is -0.329 e. The zero-order valence-electron chi connectivity index (χ0n) is 11.2. The van der Waals surface area contributed by atoms with Crippen molar-refractivity contribution < 1.29 is 4.39 Å². The molecule has 3 nitrogen and oxygen atoms in total.